The van der Waals surface area contributed by atoms with Crippen molar-refractivity contribution in [3.05, 3.63) is 65.7 Å². The lowest BCUT2D eigenvalue weighted by molar-refractivity contribution is -0.148. The predicted molar refractivity (Wildman–Crippen MR) is 428 cm³/mol. The maximum absolute atomic E-state index is 15.5. The van der Waals surface area contributed by atoms with E-state index in [0.29, 0.717) is 48.8 Å². The standard InChI is InChI=1S/C79H129N15O20S/c1-8-46(4)39-47(5)20-14-11-9-10-12-17-24-62(102)85-57-42-61(101)69(82-35-33-81)92-77(112)66-60(100)30-36-93(66)79(114)64(90-76(111)65(68(104)67(103)50-25-27-51(97)28-26-50)91-75(110)58-41-52(98)43-94(58)78(113)63(48(6)96)89-74(57)109)59(99)29-34-83-70(105)54(23-18-19-32-80)86-73(108)56(40-49-21-15-13-16-22-49)88-72(107)55(38-45(2)3)87-71(106)53(84-44-95)31-37-115-7/h13,15-16,21-22,25-28,44-48,52-61,63-69,82,96-101,103-104H,8-12,14,17-20,23-24,29-43,80-81H2,1-7H3,(H,83,105)(H,84,95)(H,85,102)(H,86,108)(H,87,106)(H,88,107)(H,89,109)(H,90,111)(H,91,110)(H,92,112)/t46-,47+,48+,52+,53-,54-,55-,56-,57-,58-,59+,60-,61+,63-,64-,65-,66-,67-,68-,69-/m0/s1. The molecule has 12 amide bonds. The highest BCUT2D eigenvalue weighted by Crippen LogP contribution is 2.28. The normalized spacial score (nSPS) is 23.9. The third kappa shape index (κ3) is 31.7. The van der Waals surface area contributed by atoms with Gasteiger partial charge < -0.3 is 115 Å². The molecule has 35 nitrogen and oxygen atoms in total. The van der Waals surface area contributed by atoms with Crippen LogP contribution in [-0.2, 0) is 64.0 Å². The highest BCUT2D eigenvalue weighted by atomic mass is 32.2. The average molecular weight is 1640 g/mol. The van der Waals surface area contributed by atoms with Crippen molar-refractivity contribution >= 4 is 83.2 Å². The lowest BCUT2D eigenvalue weighted by atomic mass is 9.91. The van der Waals surface area contributed by atoms with Gasteiger partial charge in [0.2, 0.25) is 71.4 Å². The maximum Gasteiger partial charge on any atom is 0.248 e. The number of nitrogens with one attached hydrogen (secondary N) is 11. The van der Waals surface area contributed by atoms with Gasteiger partial charge in [-0.05, 0) is 124 Å². The Hall–Kier alpha value is -8.17. The van der Waals surface area contributed by atoms with Crippen LogP contribution in [0.25, 0.3) is 0 Å². The zero-order valence-electron chi connectivity index (χ0n) is 67.4. The van der Waals surface area contributed by atoms with Crippen LogP contribution >= 0.6 is 11.8 Å². The molecule has 0 saturated carbocycles. The number of unbranched alkanes of at least 4 members (excludes halogenated alkanes) is 6. The largest absolute Gasteiger partial charge is 0.508 e. The number of nitrogens with zero attached hydrogens (tertiary/aromatic N) is 2. The van der Waals surface area contributed by atoms with Crippen molar-refractivity contribution in [3.8, 4) is 5.75 Å². The number of amides is 12. The average Bonchev–Trinajstić information content (AvgIpc) is 1.75. The van der Waals surface area contributed by atoms with E-state index in [0.717, 1.165) is 85.9 Å². The van der Waals surface area contributed by atoms with Crippen LogP contribution in [0.5, 0.6) is 5.75 Å². The quantitative estimate of drug-likeness (QED) is 0.0243. The molecule has 3 heterocycles. The summed E-state index contributed by atoms with van der Waals surface area (Å²) in [4.78, 5) is 174. The van der Waals surface area contributed by atoms with Crippen molar-refractivity contribution in [3.63, 3.8) is 0 Å². The van der Waals surface area contributed by atoms with Crippen LogP contribution in [0.4, 0.5) is 0 Å². The Labute approximate surface area is 678 Å². The molecule has 646 valence electrons. The highest BCUT2D eigenvalue weighted by molar-refractivity contribution is 7.98. The SMILES string of the molecule is CC[C@H](C)C[C@H](C)CCCCCCCCC(=O)N[C@H]1C[C@@H](O)[C@@H](NCCN)NC(=O)[C@@H]2[C@@H](O)CCN2C(=O)[C@H]([C@H](O)CCNC(=O)[C@H](CCCCN)NC(=O)[C@H](Cc2ccccc2)NC(=O)[C@H](CC(C)C)NC(=O)[C@H](CCSC)NC=O)NC(=O)[C@H]([C@H](O)[C@@H](O)c2ccc(O)cc2)NC(=O)[C@@H]2C[C@@H](O)CN2C(=O)[C@H]([C@@H](C)O)NC1=O. The molecule has 115 heavy (non-hydrogen) atoms. The van der Waals surface area contributed by atoms with Crippen LogP contribution in [-0.4, -0.2) is 277 Å². The lowest BCUT2D eigenvalue weighted by Crippen LogP contribution is -2.65. The van der Waals surface area contributed by atoms with Crippen molar-refractivity contribution in [2.24, 2.45) is 29.2 Å². The fourth-order valence-electron chi connectivity index (χ4n) is 14.5. The Balaban J connectivity index is 1.54. The van der Waals surface area contributed by atoms with Gasteiger partial charge in [-0.1, -0.05) is 122 Å². The second-order valence-electron chi connectivity index (χ2n) is 31.2. The molecule has 0 unspecified atom stereocenters. The van der Waals surface area contributed by atoms with Gasteiger partial charge in [-0.3, -0.25) is 62.9 Å². The van der Waals surface area contributed by atoms with Crippen LogP contribution in [0, 0.1) is 17.8 Å². The van der Waals surface area contributed by atoms with E-state index in [1.165, 1.54) is 11.8 Å². The number of thioether (sulfide) groups is 1. The van der Waals surface area contributed by atoms with Crippen molar-refractivity contribution < 1.29 is 98.4 Å². The number of nitrogens with two attached hydrogens (primary N) is 2. The molecule has 23 N–H and O–H groups in total. The van der Waals surface area contributed by atoms with E-state index in [9.17, 15) is 88.8 Å². The summed E-state index contributed by atoms with van der Waals surface area (Å²) in [6, 6.07) is -3.91. The van der Waals surface area contributed by atoms with Gasteiger partial charge in [0.15, 0.2) is 0 Å². The van der Waals surface area contributed by atoms with Crippen LogP contribution in [0.2, 0.25) is 0 Å². The molecule has 3 aliphatic heterocycles. The van der Waals surface area contributed by atoms with Gasteiger partial charge in [0, 0.05) is 58.4 Å². The molecule has 3 aliphatic rings. The first-order chi connectivity index (χ1) is 54.8. The monoisotopic (exact) mass is 1640 g/mol. The molecule has 3 saturated heterocycles. The van der Waals surface area contributed by atoms with Gasteiger partial charge in [-0.2, -0.15) is 11.8 Å². The molecule has 2 aromatic rings. The van der Waals surface area contributed by atoms with E-state index in [1.807, 2.05) is 20.1 Å². The zero-order chi connectivity index (χ0) is 85.0. The van der Waals surface area contributed by atoms with Crippen molar-refractivity contribution in [2.45, 2.75) is 279 Å². The number of hydrogen-bond acceptors (Lipinski definition) is 24. The van der Waals surface area contributed by atoms with Crippen molar-refractivity contribution in [1.29, 1.82) is 0 Å². The van der Waals surface area contributed by atoms with E-state index in [2.05, 4.69) is 79.3 Å². The van der Waals surface area contributed by atoms with E-state index < -0.39 is 213 Å². The van der Waals surface area contributed by atoms with Gasteiger partial charge in [-0.15, -0.1) is 0 Å². The van der Waals surface area contributed by atoms with Gasteiger partial charge in [0.1, 0.15) is 84.5 Å². The molecular formula is C79H129N15O20S. The third-order valence-corrected chi connectivity index (χ3v) is 21.8. The molecule has 0 bridgehead atoms. The summed E-state index contributed by atoms with van der Waals surface area (Å²) in [5, 5.41) is 121. The first kappa shape index (κ1) is 97.4. The molecule has 5 rings (SSSR count). The number of hydrogen-bond donors (Lipinski definition) is 21. The number of benzene rings is 2. The number of phenolic OH excluding ortho intramolecular Hbond substituents is 1. The van der Waals surface area contributed by atoms with Gasteiger partial charge in [0.05, 0.1) is 30.5 Å². The number of carbonyl (C=O) groups excluding carboxylic acids is 12. The smallest absolute Gasteiger partial charge is 0.248 e. The minimum atomic E-state index is -2.44. The first-order valence-electron chi connectivity index (χ1n) is 40.5. The molecule has 36 heteroatoms. The molecule has 0 aliphatic carbocycles. The van der Waals surface area contributed by atoms with Gasteiger partial charge in [0.25, 0.3) is 0 Å². The zero-order valence-corrected chi connectivity index (χ0v) is 68.2. The number of aliphatic hydroxyl groups is 7. The van der Waals surface area contributed by atoms with Crippen LogP contribution in [0.3, 0.4) is 0 Å². The molecule has 0 radical (unpaired) electrons. The number of aromatic hydroxyl groups is 1. The Morgan fingerprint density at radius 3 is 1.88 bits per heavy atom. The number of carbonyl (C=O) groups is 12. The predicted octanol–water partition coefficient (Wildman–Crippen LogP) is -2.41. The number of phenols is 1. The summed E-state index contributed by atoms with van der Waals surface area (Å²) in [6.07, 6.45) is -6.25. The Kier molecular flexibility index (Phi) is 42.7. The topological polar surface area (TPSA) is 558 Å². The van der Waals surface area contributed by atoms with E-state index in [-0.39, 0.29) is 81.8 Å². The number of aliphatic hydroxyl groups excluding tert-OH is 7. The maximum atomic E-state index is 15.5. The minimum Gasteiger partial charge on any atom is -0.508 e. The Bertz CT molecular complexity index is 3410. The summed E-state index contributed by atoms with van der Waals surface area (Å²) in [7, 11) is 0. The second kappa shape index (κ2) is 50.5. The molecule has 3 fully saturated rings. The summed E-state index contributed by atoms with van der Waals surface area (Å²) in [5.41, 5.74) is 12.2. The van der Waals surface area contributed by atoms with Crippen LogP contribution in [0.15, 0.2) is 54.6 Å². The lowest BCUT2D eigenvalue weighted by Gasteiger charge is -2.35. The fraction of sp³-hybridized carbons (Fsp3) is 0.696. The summed E-state index contributed by atoms with van der Waals surface area (Å²) >= 11 is 1.44. The van der Waals surface area contributed by atoms with Gasteiger partial charge in [-0.25, -0.2) is 0 Å². The second-order valence-corrected chi connectivity index (χ2v) is 32.2. The minimum absolute atomic E-state index is 0.0443. The van der Waals surface area contributed by atoms with Crippen molar-refractivity contribution in [2.75, 3.05) is 51.3 Å². The van der Waals surface area contributed by atoms with Crippen LogP contribution in [0.1, 0.15) is 181 Å². The molecule has 20 atom stereocenters. The Morgan fingerprint density at radius 2 is 1.23 bits per heavy atom. The number of rotatable bonds is 44. The molecule has 2 aromatic carbocycles. The summed E-state index contributed by atoms with van der Waals surface area (Å²) in [5.74, 6) is -10.0. The highest BCUT2D eigenvalue weighted by Gasteiger charge is 2.49. The van der Waals surface area contributed by atoms with E-state index in [4.69, 9.17) is 11.5 Å². The van der Waals surface area contributed by atoms with E-state index in [1.54, 1.807) is 30.3 Å². The summed E-state index contributed by atoms with van der Waals surface area (Å²) in [6.45, 7) is 9.73. The molecule has 0 spiro atoms. The van der Waals surface area contributed by atoms with E-state index >= 15 is 9.59 Å². The molecule has 0 aromatic heterocycles. The van der Waals surface area contributed by atoms with Gasteiger partial charge >= 0.3 is 0 Å². The first-order valence-corrected chi connectivity index (χ1v) is 41.9. The fourth-order valence-corrected chi connectivity index (χ4v) is 15.0. The van der Waals surface area contributed by atoms with Crippen LogP contribution < -0.4 is 70.0 Å². The number of fused-ring (bicyclic) bond motifs is 2. The third-order valence-electron chi connectivity index (χ3n) is 21.2. The Morgan fingerprint density at radius 1 is 0.617 bits per heavy atom. The summed E-state index contributed by atoms with van der Waals surface area (Å²) < 4.78 is 0. The van der Waals surface area contributed by atoms with Crippen molar-refractivity contribution in [1.82, 2.24) is 68.3 Å². The molecular weight excluding hydrogens is 1510 g/mol.